The summed E-state index contributed by atoms with van der Waals surface area (Å²) in [5.74, 6) is -3.68. The molecule has 58 heavy (non-hydrogen) atoms. The van der Waals surface area contributed by atoms with Crippen molar-refractivity contribution in [3.05, 3.63) is 76.7 Å². The number of carbonyl (C=O) groups is 1. The summed E-state index contributed by atoms with van der Waals surface area (Å²) >= 11 is -2.81. The molecule has 0 saturated heterocycles. The number of carboxylic acids is 1. The second kappa shape index (κ2) is 17.1. The van der Waals surface area contributed by atoms with E-state index in [0.717, 1.165) is 61.4 Å². The molecule has 4 aromatic carbocycles. The van der Waals surface area contributed by atoms with Gasteiger partial charge in [0.25, 0.3) is 15.7 Å². The lowest BCUT2D eigenvalue weighted by Crippen LogP contribution is -2.14. The number of azo groups is 2. The summed E-state index contributed by atoms with van der Waals surface area (Å²) in [7, 11) is -11.1. The van der Waals surface area contributed by atoms with Crippen molar-refractivity contribution in [3.8, 4) is 22.9 Å². The number of rotatable bonds is 16. The predicted octanol–water partition coefficient (Wildman–Crippen LogP) is 5.26. The molecule has 8 N–H and O–H groups in total. The number of nitrogens with zero attached hydrogens (tertiary/aromatic N) is 5. The fourth-order valence-electron chi connectivity index (χ4n) is 5.03. The fourth-order valence-corrected chi connectivity index (χ4v) is 7.59. The van der Waals surface area contributed by atoms with Crippen molar-refractivity contribution in [3.63, 3.8) is 0 Å². The Morgan fingerprint density at radius 2 is 1.50 bits per heavy atom. The van der Waals surface area contributed by atoms with Gasteiger partial charge in [-0.1, -0.05) is 6.07 Å². The van der Waals surface area contributed by atoms with E-state index in [2.05, 4.69) is 34.8 Å². The Morgan fingerprint density at radius 3 is 2.09 bits per heavy atom. The molecule has 0 bridgehead atoms. The van der Waals surface area contributed by atoms with E-state index < -0.39 is 104 Å². The Hall–Kier alpha value is -5.66. The van der Waals surface area contributed by atoms with Crippen LogP contribution >= 0.6 is 10.9 Å². The molecular weight excluding hydrogens is 861 g/mol. The third kappa shape index (κ3) is 9.54. The number of ether oxygens (including phenoxy) is 2. The highest BCUT2D eigenvalue weighted by molar-refractivity contribution is 8.19. The number of aromatic carboxylic acids is 1. The van der Waals surface area contributed by atoms with Crippen LogP contribution in [-0.2, 0) is 40.5 Å². The number of aromatic hydroxyl groups is 1. The van der Waals surface area contributed by atoms with E-state index in [9.17, 15) is 59.1 Å². The van der Waals surface area contributed by atoms with Gasteiger partial charge >= 0.3 is 17.3 Å². The minimum absolute atomic E-state index is 0.0297. The third-order valence-electron chi connectivity index (χ3n) is 7.67. The van der Waals surface area contributed by atoms with Crippen molar-refractivity contribution in [2.75, 3.05) is 26.6 Å². The second-order valence-electron chi connectivity index (χ2n) is 11.2. The van der Waals surface area contributed by atoms with E-state index in [1.807, 2.05) is 0 Å². The molecule has 0 aliphatic heterocycles. The highest BCUT2D eigenvalue weighted by Crippen LogP contribution is 2.54. The van der Waals surface area contributed by atoms with Gasteiger partial charge in [-0.05, 0) is 47.9 Å². The number of H-pyrrole nitrogens is 1. The number of phenols is 1. The molecule has 1 unspecified atom stereocenters. The van der Waals surface area contributed by atoms with Crippen molar-refractivity contribution in [1.82, 2.24) is 9.78 Å². The number of aromatic nitrogens is 2. The molecule has 28 heteroatoms. The molecule has 0 radical (unpaired) electrons. The summed E-state index contributed by atoms with van der Waals surface area (Å²) in [4.78, 5) is 27.9. The van der Waals surface area contributed by atoms with E-state index >= 15 is 0 Å². The largest absolute Gasteiger partial charge is 0.505 e. The Kier molecular flexibility index (Phi) is 12.8. The molecule has 0 spiro atoms. The van der Waals surface area contributed by atoms with Crippen LogP contribution in [0.4, 0.5) is 22.7 Å². The minimum Gasteiger partial charge on any atom is -0.505 e. The van der Waals surface area contributed by atoms with Crippen LogP contribution in [0.5, 0.6) is 17.2 Å². The summed E-state index contributed by atoms with van der Waals surface area (Å²) in [5, 5.41) is 38.9. The Morgan fingerprint density at radius 1 is 0.845 bits per heavy atom. The van der Waals surface area contributed by atoms with Crippen molar-refractivity contribution in [2.45, 2.75) is 14.7 Å². The van der Waals surface area contributed by atoms with Gasteiger partial charge in [0.2, 0.25) is 0 Å². The topological polar surface area (TPSA) is 368 Å². The molecule has 0 aliphatic carbocycles. The normalized spacial score (nSPS) is 13.4. The molecule has 1 heterocycles. The van der Waals surface area contributed by atoms with E-state index in [4.69, 9.17) is 14.0 Å². The van der Waals surface area contributed by atoms with E-state index in [0.29, 0.717) is 0 Å². The maximum Gasteiger partial charge on any atom is 0.356 e. The minimum atomic E-state index is -4.61. The quantitative estimate of drug-likeness (QED) is 0.0156. The first-order chi connectivity index (χ1) is 27.2. The van der Waals surface area contributed by atoms with Gasteiger partial charge in [-0.25, -0.2) is 22.8 Å². The lowest BCUT2D eigenvalue weighted by Gasteiger charge is -2.22. The van der Waals surface area contributed by atoms with E-state index in [-0.39, 0.29) is 39.3 Å². The lowest BCUT2D eigenvalue weighted by atomic mass is 10.1. The zero-order valence-corrected chi connectivity index (χ0v) is 32.4. The van der Waals surface area contributed by atoms with Gasteiger partial charge in [0, 0.05) is 17.5 Å². The van der Waals surface area contributed by atoms with E-state index in [1.165, 1.54) is 18.2 Å². The Bertz CT molecular complexity index is 2780. The summed E-state index contributed by atoms with van der Waals surface area (Å²) < 4.78 is 123. The Labute approximate surface area is 329 Å². The number of fused-ring (bicyclic) bond motifs is 1. The van der Waals surface area contributed by atoms with Gasteiger partial charge in [-0.2, -0.15) is 17.7 Å². The average molecular weight is 889 g/mol. The number of hydrogen-bond acceptors (Lipinski definition) is 19. The van der Waals surface area contributed by atoms with Crippen molar-refractivity contribution in [2.24, 2.45) is 20.5 Å². The summed E-state index contributed by atoms with van der Waals surface area (Å²) in [6.45, 7) is -0.656. The van der Waals surface area contributed by atoms with Crippen LogP contribution in [0.3, 0.4) is 0 Å². The lowest BCUT2D eigenvalue weighted by molar-refractivity contribution is -0.196. The molecule has 0 amide bonds. The Balaban J connectivity index is 1.54. The fraction of sp³-hybridized carbons (Fsp3) is 0.133. The molecule has 5 rings (SSSR count). The van der Waals surface area contributed by atoms with Crippen LogP contribution < -0.4 is 15.0 Å². The molecule has 0 fully saturated rings. The highest BCUT2D eigenvalue weighted by atomic mass is 32.3. The number of sulfone groups is 1. The van der Waals surface area contributed by atoms with Crippen LogP contribution in [0.25, 0.3) is 16.5 Å². The zero-order chi connectivity index (χ0) is 42.7. The second-order valence-corrected chi connectivity index (χ2v) is 16.8. The molecule has 1 aromatic heterocycles. The summed E-state index contributed by atoms with van der Waals surface area (Å²) in [5.41, 5.74) is -3.48. The van der Waals surface area contributed by atoms with Gasteiger partial charge < -0.3 is 33.3 Å². The number of hydrogen-bond donors (Lipinski definition) is 8. The van der Waals surface area contributed by atoms with Crippen LogP contribution in [0.15, 0.2) is 101 Å². The van der Waals surface area contributed by atoms with Crippen molar-refractivity contribution < 1.29 is 77.5 Å². The molecule has 0 saturated carbocycles. The molecule has 0 aliphatic rings. The SMILES string of the molecule is COc1cc(S(=O)(=O)CCOOS(=O)O)c(OC)cc1N=Nc1c(S(O)(O)O)cc2ccc(N=Nc3c(C(=O)O)[nH]n(-c4ccc(S(=O)(=O)O)cc4)c3=O)cc2c1O. The van der Waals surface area contributed by atoms with Crippen LogP contribution in [-0.4, -0.2) is 96.4 Å². The first-order valence-corrected chi connectivity index (χ1v) is 21.0. The number of methoxy groups -OCH3 is 2. The van der Waals surface area contributed by atoms with Gasteiger partial charge in [-0.15, -0.1) is 19.7 Å². The number of carboxylic acid groups (broad SMARTS) is 1. The molecule has 24 nitrogen and oxygen atoms in total. The number of phenolic OH excluding ortho intramolecular Hbond substituents is 1. The van der Waals surface area contributed by atoms with Crippen molar-refractivity contribution >= 4 is 81.7 Å². The van der Waals surface area contributed by atoms with Gasteiger partial charge in [0.1, 0.15) is 38.6 Å². The summed E-state index contributed by atoms with van der Waals surface area (Å²) in [6.07, 6.45) is 0. The standard InChI is InChI=1S/C30H28N6O18S4/c1-51-21-14-23(56(43,44)10-9-53-54-55(41)42)22(52-2)13-20(21)32-33-25-24(58(48,49)50)11-15-3-4-16(12-19(15)28(25)37)31-34-26-27(30(39)40)35-36(29(26)38)17-5-7-18(8-6-17)57(45,46)47/h3-8,11-14,35,37,48-50H,9-10H2,1-2H3,(H,39,40)(H,41,42)(H,45,46,47). The van der Waals surface area contributed by atoms with E-state index in [1.54, 1.807) is 0 Å². The van der Waals surface area contributed by atoms with Crippen LogP contribution in [0.1, 0.15) is 10.5 Å². The van der Waals surface area contributed by atoms with Gasteiger partial charge in [0.15, 0.2) is 27.0 Å². The van der Waals surface area contributed by atoms with Gasteiger partial charge in [-0.3, -0.25) is 19.0 Å². The third-order valence-corrected chi connectivity index (χ3v) is 11.3. The van der Waals surface area contributed by atoms with Crippen molar-refractivity contribution in [1.29, 1.82) is 0 Å². The van der Waals surface area contributed by atoms with Gasteiger partial charge in [0.05, 0.1) is 47.7 Å². The number of aromatic amines is 1. The zero-order valence-electron chi connectivity index (χ0n) is 29.2. The summed E-state index contributed by atoms with van der Waals surface area (Å²) in [6, 6.07) is 11.0. The molecule has 1 atom stereocenters. The average Bonchev–Trinajstić information content (AvgIpc) is 3.49. The first kappa shape index (κ1) is 43.5. The maximum absolute atomic E-state index is 13.2. The smallest absolute Gasteiger partial charge is 0.356 e. The molecule has 5 aromatic rings. The highest BCUT2D eigenvalue weighted by Gasteiger charge is 2.27. The van der Waals surface area contributed by atoms with Crippen LogP contribution in [0, 0.1) is 0 Å². The predicted molar refractivity (Wildman–Crippen MR) is 200 cm³/mol. The number of benzene rings is 4. The maximum atomic E-state index is 13.2. The molecular formula is C30H28N6O18S4. The monoisotopic (exact) mass is 888 g/mol. The molecule has 310 valence electrons. The number of nitrogens with one attached hydrogen (secondary N) is 1. The first-order valence-electron chi connectivity index (χ1n) is 15.4. The van der Waals surface area contributed by atoms with Crippen LogP contribution in [0.2, 0.25) is 0 Å².